The number of carbonyl (C=O) groups is 3. The van der Waals surface area contributed by atoms with E-state index in [1.807, 2.05) is 36.4 Å². The second kappa shape index (κ2) is 10.3. The van der Waals surface area contributed by atoms with Crippen molar-refractivity contribution >= 4 is 18.0 Å². The van der Waals surface area contributed by atoms with Gasteiger partial charge in [0.1, 0.15) is 12.6 Å². The highest BCUT2D eigenvalue weighted by atomic mass is 16.5. The predicted molar refractivity (Wildman–Crippen MR) is 128 cm³/mol. The van der Waals surface area contributed by atoms with Crippen molar-refractivity contribution in [3.8, 4) is 11.1 Å². The highest BCUT2D eigenvalue weighted by Gasteiger charge is 2.32. The summed E-state index contributed by atoms with van der Waals surface area (Å²) in [4.78, 5) is 36.8. The van der Waals surface area contributed by atoms with E-state index >= 15 is 0 Å². The third-order valence-electron chi connectivity index (χ3n) is 7.09. The quantitative estimate of drug-likeness (QED) is 0.566. The molecular formula is C27H32N2O5. The molecule has 1 fully saturated rings. The van der Waals surface area contributed by atoms with Gasteiger partial charge in [0.2, 0.25) is 5.91 Å². The van der Waals surface area contributed by atoms with Gasteiger partial charge in [0, 0.05) is 12.0 Å². The average molecular weight is 465 g/mol. The lowest BCUT2D eigenvalue weighted by molar-refractivity contribution is -0.140. The van der Waals surface area contributed by atoms with Crippen LogP contribution in [0.25, 0.3) is 11.1 Å². The molecule has 2 aliphatic rings. The van der Waals surface area contributed by atoms with Crippen LogP contribution < -0.4 is 10.6 Å². The van der Waals surface area contributed by atoms with E-state index in [9.17, 15) is 19.5 Å². The Kier molecular flexibility index (Phi) is 7.20. The molecular weight excluding hydrogens is 432 g/mol. The zero-order valence-corrected chi connectivity index (χ0v) is 19.6. The van der Waals surface area contributed by atoms with Crippen LogP contribution in [-0.2, 0) is 14.3 Å². The maximum Gasteiger partial charge on any atom is 0.407 e. The van der Waals surface area contributed by atoms with Gasteiger partial charge in [0.05, 0.1) is 6.42 Å². The molecule has 0 heterocycles. The van der Waals surface area contributed by atoms with E-state index < -0.39 is 30.4 Å². The largest absolute Gasteiger partial charge is 0.481 e. The summed E-state index contributed by atoms with van der Waals surface area (Å²) < 4.78 is 5.50. The number of hydrogen-bond acceptors (Lipinski definition) is 4. The van der Waals surface area contributed by atoms with Crippen LogP contribution in [0.15, 0.2) is 48.5 Å². The van der Waals surface area contributed by atoms with Gasteiger partial charge in [-0.15, -0.1) is 0 Å². The van der Waals surface area contributed by atoms with Gasteiger partial charge in [-0.1, -0.05) is 62.4 Å². The standard InChI is InChI=1S/C27H32N2O5/c1-16-11-12-23(17(2)13-16)28-26(32)24(14-25(30)31)29-27(33)34-15-22-20-9-5-3-7-18(20)19-8-4-6-10-21(19)22/h3-10,16-17,22-24H,11-15H2,1-2H3,(H,28,32)(H,29,33)(H,30,31). The second-order valence-corrected chi connectivity index (χ2v) is 9.63. The van der Waals surface area contributed by atoms with Crippen LogP contribution in [-0.4, -0.2) is 41.8 Å². The third-order valence-corrected chi connectivity index (χ3v) is 7.09. The molecule has 4 unspecified atom stereocenters. The van der Waals surface area contributed by atoms with Crippen molar-refractivity contribution in [2.75, 3.05) is 6.61 Å². The maximum atomic E-state index is 12.9. The number of carboxylic acids is 1. The lowest BCUT2D eigenvalue weighted by atomic mass is 9.80. The molecule has 7 heteroatoms. The fourth-order valence-electron chi connectivity index (χ4n) is 5.33. The number of nitrogens with one attached hydrogen (secondary N) is 2. The minimum Gasteiger partial charge on any atom is -0.481 e. The van der Waals surface area contributed by atoms with Crippen molar-refractivity contribution in [1.29, 1.82) is 0 Å². The highest BCUT2D eigenvalue weighted by Crippen LogP contribution is 2.44. The average Bonchev–Trinajstić information content (AvgIpc) is 3.12. The summed E-state index contributed by atoms with van der Waals surface area (Å²) in [5.74, 6) is -0.855. The van der Waals surface area contributed by atoms with Gasteiger partial charge in [-0.05, 0) is 53.4 Å². The topological polar surface area (TPSA) is 105 Å². The molecule has 4 atom stereocenters. The van der Waals surface area contributed by atoms with Crippen LogP contribution in [0.2, 0.25) is 0 Å². The second-order valence-electron chi connectivity index (χ2n) is 9.63. The normalized spacial score (nSPS) is 22.2. The van der Waals surface area contributed by atoms with E-state index in [1.165, 1.54) is 0 Å². The fourth-order valence-corrected chi connectivity index (χ4v) is 5.33. The molecule has 7 nitrogen and oxygen atoms in total. The fraction of sp³-hybridized carbons (Fsp3) is 0.444. The summed E-state index contributed by atoms with van der Waals surface area (Å²) in [6, 6.07) is 14.8. The van der Waals surface area contributed by atoms with Gasteiger partial charge in [0.25, 0.3) is 0 Å². The number of carboxylic acid groups (broad SMARTS) is 1. The zero-order valence-electron chi connectivity index (χ0n) is 19.6. The van der Waals surface area contributed by atoms with E-state index in [0.717, 1.165) is 41.5 Å². The summed E-state index contributed by atoms with van der Waals surface area (Å²) in [6.45, 7) is 4.38. The Morgan fingerprint density at radius 1 is 1.00 bits per heavy atom. The number of hydrogen-bond donors (Lipinski definition) is 3. The Hall–Kier alpha value is -3.35. The monoisotopic (exact) mass is 464 g/mol. The number of carbonyl (C=O) groups excluding carboxylic acids is 2. The minimum absolute atomic E-state index is 0.0238. The molecule has 0 bridgehead atoms. The molecule has 2 amide bonds. The van der Waals surface area contributed by atoms with E-state index in [-0.39, 0.29) is 18.6 Å². The maximum absolute atomic E-state index is 12.9. The smallest absolute Gasteiger partial charge is 0.407 e. The lowest BCUT2D eigenvalue weighted by Gasteiger charge is -2.34. The first-order valence-corrected chi connectivity index (χ1v) is 12.0. The summed E-state index contributed by atoms with van der Waals surface area (Å²) in [7, 11) is 0. The predicted octanol–water partition coefficient (Wildman–Crippen LogP) is 4.31. The van der Waals surface area contributed by atoms with Gasteiger partial charge in [-0.3, -0.25) is 9.59 Å². The Balaban J connectivity index is 1.39. The Bertz CT molecular complexity index is 1020. The van der Waals surface area contributed by atoms with Gasteiger partial charge >= 0.3 is 12.1 Å². The van der Waals surface area contributed by atoms with Crippen molar-refractivity contribution in [2.24, 2.45) is 11.8 Å². The molecule has 2 aliphatic carbocycles. The number of aliphatic carboxylic acids is 1. The molecule has 0 spiro atoms. The molecule has 0 aromatic heterocycles. The highest BCUT2D eigenvalue weighted by molar-refractivity contribution is 5.89. The van der Waals surface area contributed by atoms with E-state index in [1.54, 1.807) is 0 Å². The molecule has 0 radical (unpaired) electrons. The Labute approximate surface area is 199 Å². The third kappa shape index (κ3) is 5.24. The number of fused-ring (bicyclic) bond motifs is 3. The van der Waals surface area contributed by atoms with Crippen LogP contribution in [0.4, 0.5) is 4.79 Å². The summed E-state index contributed by atoms with van der Waals surface area (Å²) in [6.07, 6.45) is 1.56. The summed E-state index contributed by atoms with van der Waals surface area (Å²) >= 11 is 0. The summed E-state index contributed by atoms with van der Waals surface area (Å²) in [5, 5.41) is 14.7. The molecule has 34 heavy (non-hydrogen) atoms. The number of benzene rings is 2. The van der Waals surface area contributed by atoms with E-state index in [4.69, 9.17) is 4.74 Å². The van der Waals surface area contributed by atoms with Gasteiger partial charge < -0.3 is 20.5 Å². The molecule has 0 aliphatic heterocycles. The first-order valence-electron chi connectivity index (χ1n) is 12.0. The van der Waals surface area contributed by atoms with Gasteiger partial charge in [-0.25, -0.2) is 4.79 Å². The molecule has 0 saturated heterocycles. The van der Waals surface area contributed by atoms with E-state index in [2.05, 4.69) is 36.6 Å². The Morgan fingerprint density at radius 3 is 2.21 bits per heavy atom. The van der Waals surface area contributed by atoms with Crippen molar-refractivity contribution < 1.29 is 24.2 Å². The molecule has 2 aromatic rings. The van der Waals surface area contributed by atoms with Gasteiger partial charge in [0.15, 0.2) is 0 Å². The Morgan fingerprint density at radius 2 is 1.62 bits per heavy atom. The van der Waals surface area contributed by atoms with Crippen molar-refractivity contribution in [3.05, 3.63) is 59.7 Å². The van der Waals surface area contributed by atoms with Crippen molar-refractivity contribution in [1.82, 2.24) is 10.6 Å². The summed E-state index contributed by atoms with van der Waals surface area (Å²) in [5.41, 5.74) is 4.39. The van der Waals surface area contributed by atoms with Gasteiger partial charge in [-0.2, -0.15) is 0 Å². The van der Waals surface area contributed by atoms with E-state index in [0.29, 0.717) is 11.8 Å². The molecule has 3 N–H and O–H groups in total. The molecule has 180 valence electrons. The first kappa shape index (κ1) is 23.8. The van der Waals surface area contributed by atoms with Crippen LogP contribution >= 0.6 is 0 Å². The lowest BCUT2D eigenvalue weighted by Crippen LogP contribution is -2.52. The van der Waals surface area contributed by atoms with Crippen LogP contribution in [0.5, 0.6) is 0 Å². The van der Waals surface area contributed by atoms with Crippen LogP contribution in [0.3, 0.4) is 0 Å². The number of ether oxygens (including phenoxy) is 1. The zero-order chi connectivity index (χ0) is 24.2. The number of alkyl carbamates (subject to hydrolysis) is 1. The minimum atomic E-state index is -1.19. The van der Waals surface area contributed by atoms with Crippen LogP contribution in [0.1, 0.15) is 56.6 Å². The molecule has 4 rings (SSSR count). The van der Waals surface area contributed by atoms with Crippen molar-refractivity contribution in [3.63, 3.8) is 0 Å². The SMILES string of the molecule is CC1CCC(NC(=O)C(CC(=O)O)NC(=O)OCC2c3ccccc3-c3ccccc32)C(C)C1. The number of rotatable bonds is 7. The van der Waals surface area contributed by atoms with Crippen molar-refractivity contribution in [2.45, 2.75) is 57.5 Å². The number of amides is 2. The molecule has 1 saturated carbocycles. The van der Waals surface area contributed by atoms with Crippen LogP contribution in [0, 0.1) is 11.8 Å². The first-order chi connectivity index (χ1) is 16.3. The molecule has 2 aromatic carbocycles.